The molecular formula is C43H30N6. The van der Waals surface area contributed by atoms with Gasteiger partial charge in [-0.25, -0.2) is 15.0 Å². The van der Waals surface area contributed by atoms with Crippen molar-refractivity contribution in [2.45, 2.75) is 0 Å². The van der Waals surface area contributed by atoms with Crippen molar-refractivity contribution < 1.29 is 0 Å². The van der Waals surface area contributed by atoms with Crippen molar-refractivity contribution in [3.8, 4) is 56.5 Å². The molecule has 2 aromatic heterocycles. The fourth-order valence-electron chi connectivity index (χ4n) is 5.70. The van der Waals surface area contributed by atoms with Gasteiger partial charge in [-0.1, -0.05) is 164 Å². The summed E-state index contributed by atoms with van der Waals surface area (Å²) in [4.78, 5) is 27.4. The van der Waals surface area contributed by atoms with Gasteiger partial charge in [0.25, 0.3) is 0 Å². The van der Waals surface area contributed by atoms with E-state index in [1.807, 2.05) is 138 Å². The highest BCUT2D eigenvalue weighted by molar-refractivity contribution is 5.79. The largest absolute Gasteiger partial charge is 0.263 e. The van der Waals surface area contributed by atoms with Crippen molar-refractivity contribution in [3.63, 3.8) is 0 Å². The number of aromatic nitrogens is 5. The van der Waals surface area contributed by atoms with Gasteiger partial charge in [0.1, 0.15) is 5.82 Å². The molecule has 2 heterocycles. The van der Waals surface area contributed by atoms with Crippen molar-refractivity contribution in [2.75, 3.05) is 4.90 Å². The van der Waals surface area contributed by atoms with Crippen LogP contribution in [0.1, 0.15) is 0 Å². The summed E-state index contributed by atoms with van der Waals surface area (Å²) in [7, 11) is 0. The second-order valence-electron chi connectivity index (χ2n) is 11.4. The number of nitrogens with zero attached hydrogens (tertiary/aromatic N) is 6. The van der Waals surface area contributed by atoms with E-state index in [9.17, 15) is 0 Å². The SMILES string of the molecule is c1ccc(-c2ccc(N(c3cc(-c4ccccc4)nc(-c4ccccc4)n3)c3nc(-c4ccccc4)nc(-c4ccccc4)n3)cc2)cc1. The molecule has 0 saturated heterocycles. The summed E-state index contributed by atoms with van der Waals surface area (Å²) in [6.45, 7) is 0. The maximum Gasteiger partial charge on any atom is 0.239 e. The van der Waals surface area contributed by atoms with Gasteiger partial charge in [-0.3, -0.25) is 4.90 Å². The quantitative estimate of drug-likeness (QED) is 0.166. The molecule has 0 unspecified atom stereocenters. The third kappa shape index (κ3) is 6.44. The molecule has 0 fully saturated rings. The first-order chi connectivity index (χ1) is 24.3. The molecule has 6 aromatic carbocycles. The zero-order valence-corrected chi connectivity index (χ0v) is 26.5. The summed E-state index contributed by atoms with van der Waals surface area (Å²) < 4.78 is 0. The molecule has 0 aliphatic rings. The Kier molecular flexibility index (Phi) is 8.17. The molecule has 0 amide bonds. The van der Waals surface area contributed by atoms with Gasteiger partial charge in [-0.05, 0) is 23.3 Å². The predicted octanol–water partition coefficient (Wildman–Crippen LogP) is 10.5. The van der Waals surface area contributed by atoms with E-state index in [1.165, 1.54) is 0 Å². The molecule has 6 heteroatoms. The molecule has 8 aromatic rings. The van der Waals surface area contributed by atoms with Gasteiger partial charge in [-0.15, -0.1) is 0 Å². The van der Waals surface area contributed by atoms with E-state index >= 15 is 0 Å². The van der Waals surface area contributed by atoms with Gasteiger partial charge in [0, 0.05) is 28.3 Å². The maximum atomic E-state index is 5.18. The first-order valence-corrected chi connectivity index (χ1v) is 16.1. The van der Waals surface area contributed by atoms with Crippen LogP contribution in [0.2, 0.25) is 0 Å². The van der Waals surface area contributed by atoms with Gasteiger partial charge >= 0.3 is 0 Å². The van der Waals surface area contributed by atoms with Crippen LogP contribution in [-0.2, 0) is 0 Å². The highest BCUT2D eigenvalue weighted by Gasteiger charge is 2.23. The molecule has 0 aliphatic carbocycles. The first kappa shape index (κ1) is 29.6. The van der Waals surface area contributed by atoms with Crippen molar-refractivity contribution >= 4 is 17.5 Å². The normalized spacial score (nSPS) is 10.9. The second-order valence-corrected chi connectivity index (χ2v) is 11.4. The van der Waals surface area contributed by atoms with Gasteiger partial charge in [0.05, 0.1) is 11.4 Å². The van der Waals surface area contributed by atoms with Crippen LogP contribution in [0.25, 0.3) is 56.5 Å². The highest BCUT2D eigenvalue weighted by Crippen LogP contribution is 2.37. The van der Waals surface area contributed by atoms with Gasteiger partial charge in [-0.2, -0.15) is 9.97 Å². The topological polar surface area (TPSA) is 67.7 Å². The van der Waals surface area contributed by atoms with Crippen LogP contribution < -0.4 is 4.90 Å². The molecule has 0 radical (unpaired) electrons. The molecular weight excluding hydrogens is 601 g/mol. The third-order valence-corrected chi connectivity index (χ3v) is 8.16. The van der Waals surface area contributed by atoms with Gasteiger partial charge in [0.15, 0.2) is 17.5 Å². The summed E-state index contributed by atoms with van der Waals surface area (Å²) in [6.07, 6.45) is 0. The van der Waals surface area contributed by atoms with E-state index < -0.39 is 0 Å². The lowest BCUT2D eigenvalue weighted by atomic mass is 10.1. The molecule has 0 aliphatic heterocycles. The Hall–Kier alpha value is -6.79. The van der Waals surface area contributed by atoms with Crippen LogP contribution in [0.5, 0.6) is 0 Å². The minimum absolute atomic E-state index is 0.442. The summed E-state index contributed by atoms with van der Waals surface area (Å²) in [5.74, 6) is 2.80. The second kappa shape index (κ2) is 13.5. The Labute approximate surface area is 285 Å². The molecule has 0 atom stereocenters. The summed E-state index contributed by atoms with van der Waals surface area (Å²) in [5, 5.41) is 0. The number of hydrogen-bond donors (Lipinski definition) is 0. The van der Waals surface area contributed by atoms with E-state index in [1.54, 1.807) is 0 Å². The monoisotopic (exact) mass is 630 g/mol. The Bertz CT molecular complexity index is 2060. The van der Waals surface area contributed by atoms with E-state index in [4.69, 9.17) is 24.9 Å². The summed E-state index contributed by atoms with van der Waals surface area (Å²) in [5.41, 5.74) is 7.54. The van der Waals surface area contributed by atoms with E-state index in [2.05, 4.69) is 48.5 Å². The smallest absolute Gasteiger partial charge is 0.239 e. The first-order valence-electron chi connectivity index (χ1n) is 16.1. The number of hydrogen-bond acceptors (Lipinski definition) is 6. The van der Waals surface area contributed by atoms with Crippen molar-refractivity contribution in [1.29, 1.82) is 0 Å². The van der Waals surface area contributed by atoms with Gasteiger partial charge < -0.3 is 0 Å². The van der Waals surface area contributed by atoms with Gasteiger partial charge in [0.2, 0.25) is 5.95 Å². The Morgan fingerprint density at radius 3 is 1.16 bits per heavy atom. The zero-order chi connectivity index (χ0) is 32.8. The summed E-state index contributed by atoms with van der Waals surface area (Å²) >= 11 is 0. The van der Waals surface area contributed by atoms with Crippen LogP contribution in [0, 0.1) is 0 Å². The number of anilines is 3. The Morgan fingerprint density at radius 2 is 0.694 bits per heavy atom. The molecule has 49 heavy (non-hydrogen) atoms. The maximum absolute atomic E-state index is 5.18. The van der Waals surface area contributed by atoms with Crippen molar-refractivity contribution in [1.82, 2.24) is 24.9 Å². The lowest BCUT2D eigenvalue weighted by Crippen LogP contribution is -2.17. The Balaban J connectivity index is 1.38. The fraction of sp³-hybridized carbons (Fsp3) is 0. The number of rotatable bonds is 8. The van der Waals surface area contributed by atoms with Crippen LogP contribution >= 0.6 is 0 Å². The number of benzene rings is 6. The molecule has 0 saturated carbocycles. The van der Waals surface area contributed by atoms with Crippen LogP contribution in [0.4, 0.5) is 17.5 Å². The summed E-state index contributed by atoms with van der Waals surface area (Å²) in [6, 6.07) is 60.9. The molecule has 8 rings (SSSR count). The van der Waals surface area contributed by atoms with E-state index in [-0.39, 0.29) is 0 Å². The minimum atomic E-state index is 0.442. The average Bonchev–Trinajstić information content (AvgIpc) is 3.20. The molecule has 0 N–H and O–H groups in total. The van der Waals surface area contributed by atoms with Crippen LogP contribution in [0.15, 0.2) is 182 Å². The Morgan fingerprint density at radius 1 is 0.306 bits per heavy atom. The average molecular weight is 631 g/mol. The molecule has 232 valence electrons. The predicted molar refractivity (Wildman–Crippen MR) is 197 cm³/mol. The van der Waals surface area contributed by atoms with E-state index in [0.717, 1.165) is 44.8 Å². The molecule has 0 bridgehead atoms. The molecule has 0 spiro atoms. The fourth-order valence-corrected chi connectivity index (χ4v) is 5.70. The molecule has 6 nitrogen and oxygen atoms in total. The van der Waals surface area contributed by atoms with E-state index in [0.29, 0.717) is 29.2 Å². The zero-order valence-electron chi connectivity index (χ0n) is 26.5. The third-order valence-electron chi connectivity index (χ3n) is 8.16. The lowest BCUT2D eigenvalue weighted by Gasteiger charge is -2.24. The van der Waals surface area contributed by atoms with Crippen LogP contribution in [0.3, 0.4) is 0 Å². The highest BCUT2D eigenvalue weighted by atomic mass is 15.3. The van der Waals surface area contributed by atoms with Crippen molar-refractivity contribution in [3.05, 3.63) is 182 Å². The minimum Gasteiger partial charge on any atom is -0.263 e. The van der Waals surface area contributed by atoms with Crippen LogP contribution in [-0.4, -0.2) is 24.9 Å². The van der Waals surface area contributed by atoms with Crippen molar-refractivity contribution in [2.24, 2.45) is 0 Å². The lowest BCUT2D eigenvalue weighted by molar-refractivity contribution is 1.00. The standard InChI is InChI=1S/C43H30N6/c1-6-16-31(17-7-1)32-26-28-37(29-27-32)49(39-30-38(33-18-8-2-9-19-33)44-40(45-39)34-20-10-3-11-21-34)43-47-41(35-22-12-4-13-23-35)46-42(48-43)36-24-14-5-15-25-36/h1-30H.